The van der Waals surface area contributed by atoms with Gasteiger partial charge in [-0.3, -0.25) is 0 Å². The number of sulfone groups is 1. The maximum atomic E-state index is 11.5. The fourth-order valence-corrected chi connectivity index (χ4v) is 2.07. The molecule has 0 amide bonds. The molecule has 1 aromatic carbocycles. The largest absolute Gasteiger partial charge is 0.372 e. The summed E-state index contributed by atoms with van der Waals surface area (Å²) in [6, 6.07) is 9.04. The van der Waals surface area contributed by atoms with Crippen LogP contribution in [0.25, 0.3) is 0 Å². The highest BCUT2D eigenvalue weighted by Gasteiger charge is 2.23. The Balaban J connectivity index is 2.49. The van der Waals surface area contributed by atoms with Gasteiger partial charge in [0.1, 0.15) is 16.9 Å². The van der Waals surface area contributed by atoms with Crippen LogP contribution in [-0.2, 0) is 14.7 Å². The van der Waals surface area contributed by atoms with E-state index in [4.69, 9.17) is 0 Å². The maximum Gasteiger partial charge on any atom is 0.180 e. The molecule has 0 unspecified atom stereocenters. The number of rotatable bonds is 2. The van der Waals surface area contributed by atoms with Gasteiger partial charge >= 0.3 is 0 Å². The molecule has 0 radical (unpaired) electrons. The van der Waals surface area contributed by atoms with Gasteiger partial charge in [0.2, 0.25) is 0 Å². The fourth-order valence-electron chi connectivity index (χ4n) is 1.33. The van der Waals surface area contributed by atoms with E-state index in [1.807, 2.05) is 18.2 Å². The molecule has 0 bridgehead atoms. The molecule has 1 aliphatic rings. The number of nitrogens with one attached hydrogen (secondary N) is 1. The number of nitrogens with zero attached hydrogens (tertiary/aromatic N) is 1. The van der Waals surface area contributed by atoms with Crippen LogP contribution in [0.2, 0.25) is 0 Å². The number of hydrazone groups is 1. The molecule has 2 rings (SSSR count). The molecule has 0 aliphatic carbocycles. The minimum Gasteiger partial charge on any atom is -0.372 e. The van der Waals surface area contributed by atoms with Crippen LogP contribution in [0.4, 0.5) is 0 Å². The molecule has 0 atom stereocenters. The van der Waals surface area contributed by atoms with Gasteiger partial charge in [-0.2, -0.15) is 0 Å². The van der Waals surface area contributed by atoms with Gasteiger partial charge in [0.25, 0.3) is 0 Å². The standard InChI is InChI=1S/C10H10N2O3S/c1-16(13,14)9-7-15-12-11-10(9)8-5-3-2-4-6-8/h2-7,12H,1H3. The van der Waals surface area contributed by atoms with E-state index in [-0.39, 0.29) is 4.91 Å². The van der Waals surface area contributed by atoms with E-state index < -0.39 is 9.84 Å². The Morgan fingerprint density at radius 3 is 2.56 bits per heavy atom. The fraction of sp³-hybridized carbons (Fsp3) is 0.100. The summed E-state index contributed by atoms with van der Waals surface area (Å²) in [6.45, 7) is 0. The minimum absolute atomic E-state index is 0.0671. The predicted molar refractivity (Wildman–Crippen MR) is 60.1 cm³/mol. The van der Waals surface area contributed by atoms with Crippen LogP contribution in [-0.4, -0.2) is 20.4 Å². The van der Waals surface area contributed by atoms with Crippen molar-refractivity contribution in [1.29, 1.82) is 0 Å². The molecule has 0 aromatic heterocycles. The van der Waals surface area contributed by atoms with Crippen LogP contribution in [0.1, 0.15) is 5.56 Å². The van der Waals surface area contributed by atoms with Crippen molar-refractivity contribution in [3.8, 4) is 0 Å². The summed E-state index contributed by atoms with van der Waals surface area (Å²) in [5, 5.41) is 3.84. The molecule has 0 saturated carbocycles. The third kappa shape index (κ3) is 2.06. The van der Waals surface area contributed by atoms with Crippen LogP contribution in [0, 0.1) is 0 Å². The molecular formula is C10H10N2O3S. The SMILES string of the molecule is CS(=O)(=O)C1=CONN=C1c1ccccc1. The Morgan fingerprint density at radius 2 is 1.94 bits per heavy atom. The lowest BCUT2D eigenvalue weighted by Crippen LogP contribution is -2.22. The average Bonchev–Trinajstić information content (AvgIpc) is 2.29. The lowest BCUT2D eigenvalue weighted by Gasteiger charge is -2.14. The van der Waals surface area contributed by atoms with E-state index in [9.17, 15) is 8.42 Å². The zero-order valence-electron chi connectivity index (χ0n) is 8.54. The van der Waals surface area contributed by atoms with Crippen molar-refractivity contribution in [2.45, 2.75) is 0 Å². The number of allylic oxidation sites excluding steroid dienone is 1. The molecule has 1 N–H and O–H groups in total. The van der Waals surface area contributed by atoms with E-state index in [0.717, 1.165) is 18.1 Å². The first kappa shape index (κ1) is 10.7. The van der Waals surface area contributed by atoms with Gasteiger partial charge in [-0.05, 0) is 0 Å². The molecular weight excluding hydrogens is 228 g/mol. The van der Waals surface area contributed by atoms with E-state index in [1.54, 1.807) is 12.1 Å². The van der Waals surface area contributed by atoms with E-state index >= 15 is 0 Å². The molecule has 84 valence electrons. The summed E-state index contributed by atoms with van der Waals surface area (Å²) in [5.74, 6) is 0. The van der Waals surface area contributed by atoms with Crippen molar-refractivity contribution in [3.05, 3.63) is 47.1 Å². The Labute approximate surface area is 93.3 Å². The number of benzene rings is 1. The normalized spacial score (nSPS) is 15.6. The van der Waals surface area contributed by atoms with Gasteiger partial charge in [-0.25, -0.2) is 8.42 Å². The Bertz CT molecular complexity index is 547. The first-order valence-electron chi connectivity index (χ1n) is 4.53. The maximum absolute atomic E-state index is 11.5. The molecule has 6 heteroatoms. The van der Waals surface area contributed by atoms with E-state index in [0.29, 0.717) is 5.71 Å². The number of hydrogen-bond acceptors (Lipinski definition) is 5. The summed E-state index contributed by atoms with van der Waals surface area (Å²) in [7, 11) is -3.36. The third-order valence-corrected chi connectivity index (χ3v) is 3.14. The molecule has 1 aromatic rings. The smallest absolute Gasteiger partial charge is 0.180 e. The Kier molecular flexibility index (Phi) is 2.66. The zero-order chi connectivity index (χ0) is 11.6. The summed E-state index contributed by atoms with van der Waals surface area (Å²) < 4.78 is 23.0. The number of hydrogen-bond donors (Lipinski definition) is 1. The monoisotopic (exact) mass is 238 g/mol. The van der Waals surface area contributed by atoms with Gasteiger partial charge in [0, 0.05) is 11.8 Å². The average molecular weight is 238 g/mol. The summed E-state index contributed by atoms with van der Waals surface area (Å²) in [4.78, 5) is 4.75. The lowest BCUT2D eigenvalue weighted by atomic mass is 10.1. The second kappa shape index (κ2) is 3.97. The highest BCUT2D eigenvalue weighted by molar-refractivity contribution is 7.95. The van der Waals surface area contributed by atoms with Crippen LogP contribution in [0.3, 0.4) is 0 Å². The van der Waals surface area contributed by atoms with Crippen LogP contribution >= 0.6 is 0 Å². The van der Waals surface area contributed by atoms with Gasteiger partial charge < -0.3 is 4.84 Å². The van der Waals surface area contributed by atoms with Crippen molar-refractivity contribution in [3.63, 3.8) is 0 Å². The van der Waals surface area contributed by atoms with Crippen LogP contribution in [0.5, 0.6) is 0 Å². The van der Waals surface area contributed by atoms with Crippen LogP contribution < -0.4 is 5.59 Å². The van der Waals surface area contributed by atoms with Gasteiger partial charge in [0.15, 0.2) is 9.84 Å². The van der Waals surface area contributed by atoms with Gasteiger partial charge in [-0.1, -0.05) is 30.3 Å². The second-order valence-corrected chi connectivity index (χ2v) is 5.27. The van der Waals surface area contributed by atoms with Crippen molar-refractivity contribution < 1.29 is 13.3 Å². The van der Waals surface area contributed by atoms with E-state index in [1.165, 1.54) is 0 Å². The van der Waals surface area contributed by atoms with E-state index in [2.05, 4.69) is 15.5 Å². The minimum atomic E-state index is -3.36. The van der Waals surface area contributed by atoms with Crippen molar-refractivity contribution in [2.75, 3.05) is 6.26 Å². The van der Waals surface area contributed by atoms with Crippen molar-refractivity contribution >= 4 is 15.5 Å². The highest BCUT2D eigenvalue weighted by atomic mass is 32.2. The lowest BCUT2D eigenvalue weighted by molar-refractivity contribution is 0.134. The molecule has 1 aliphatic heterocycles. The highest BCUT2D eigenvalue weighted by Crippen LogP contribution is 2.16. The first-order valence-corrected chi connectivity index (χ1v) is 6.42. The molecule has 5 nitrogen and oxygen atoms in total. The Morgan fingerprint density at radius 1 is 1.25 bits per heavy atom. The molecule has 1 heterocycles. The third-order valence-electron chi connectivity index (χ3n) is 2.06. The quantitative estimate of drug-likeness (QED) is 0.828. The van der Waals surface area contributed by atoms with Crippen molar-refractivity contribution in [1.82, 2.24) is 5.59 Å². The van der Waals surface area contributed by atoms with Gasteiger partial charge in [-0.15, -0.1) is 10.7 Å². The molecule has 0 spiro atoms. The first-order chi connectivity index (χ1) is 7.59. The molecule has 0 saturated heterocycles. The topological polar surface area (TPSA) is 67.8 Å². The van der Waals surface area contributed by atoms with Gasteiger partial charge in [0.05, 0.1) is 0 Å². The van der Waals surface area contributed by atoms with Crippen molar-refractivity contribution in [2.24, 2.45) is 5.10 Å². The Hall–Kier alpha value is -1.82. The summed E-state index contributed by atoms with van der Waals surface area (Å²) in [6.07, 6.45) is 2.26. The second-order valence-electron chi connectivity index (χ2n) is 3.29. The molecule has 0 fully saturated rings. The summed E-state index contributed by atoms with van der Waals surface area (Å²) in [5.41, 5.74) is 3.36. The summed E-state index contributed by atoms with van der Waals surface area (Å²) >= 11 is 0. The zero-order valence-corrected chi connectivity index (χ0v) is 9.36. The molecule has 16 heavy (non-hydrogen) atoms. The van der Waals surface area contributed by atoms with Crippen LogP contribution in [0.15, 0.2) is 46.6 Å². The predicted octanol–water partition coefficient (Wildman–Crippen LogP) is 0.812.